The molecule has 0 bridgehead atoms. The van der Waals surface area contributed by atoms with Gasteiger partial charge in [-0.2, -0.15) is 0 Å². The number of nitrogens with one attached hydrogen (secondary N) is 2. The molecule has 6 nitrogen and oxygen atoms in total. The largest absolute Gasteiger partial charge is 0.497 e. The van der Waals surface area contributed by atoms with E-state index in [1.54, 1.807) is 31.6 Å². The van der Waals surface area contributed by atoms with E-state index in [9.17, 15) is 4.39 Å². The number of methoxy groups -OCH3 is 1. The predicted molar refractivity (Wildman–Crippen MR) is 115 cm³/mol. The zero-order valence-corrected chi connectivity index (χ0v) is 16.3. The molecule has 0 aliphatic heterocycles. The zero-order valence-electron chi connectivity index (χ0n) is 16.3. The summed E-state index contributed by atoms with van der Waals surface area (Å²) in [4.78, 5) is 12.4. The monoisotopic (exact) mass is 401 g/mol. The van der Waals surface area contributed by atoms with Gasteiger partial charge in [0, 0.05) is 25.0 Å². The number of nitrogens with zero attached hydrogens (tertiary/aromatic N) is 3. The number of benzene rings is 2. The number of halogens is 1. The fraction of sp³-hybridized carbons (Fsp3) is 0.0870. The van der Waals surface area contributed by atoms with Gasteiger partial charge in [-0.3, -0.25) is 4.98 Å². The van der Waals surface area contributed by atoms with Crippen molar-refractivity contribution in [2.75, 3.05) is 17.7 Å². The Bertz CT molecular complexity index is 1140. The van der Waals surface area contributed by atoms with Crippen LogP contribution in [0.2, 0.25) is 0 Å². The molecule has 0 unspecified atom stereocenters. The Morgan fingerprint density at radius 3 is 2.53 bits per heavy atom. The maximum atomic E-state index is 14.6. The van der Waals surface area contributed by atoms with Gasteiger partial charge in [-0.05, 0) is 53.1 Å². The van der Waals surface area contributed by atoms with Crippen LogP contribution in [0.5, 0.6) is 5.75 Å². The van der Waals surface area contributed by atoms with E-state index in [4.69, 9.17) is 4.74 Å². The number of anilines is 3. The van der Waals surface area contributed by atoms with Gasteiger partial charge in [0.05, 0.1) is 12.8 Å². The zero-order chi connectivity index (χ0) is 20.8. The highest BCUT2D eigenvalue weighted by molar-refractivity contribution is 5.68. The molecule has 2 heterocycles. The quantitative estimate of drug-likeness (QED) is 0.452. The molecule has 150 valence electrons. The van der Waals surface area contributed by atoms with Gasteiger partial charge in [0.2, 0.25) is 0 Å². The highest BCUT2D eigenvalue weighted by Gasteiger charge is 2.07. The molecular weight excluding hydrogens is 381 g/mol. The van der Waals surface area contributed by atoms with Crippen LogP contribution in [0.25, 0.3) is 11.1 Å². The summed E-state index contributed by atoms with van der Waals surface area (Å²) in [7, 11) is 1.64. The first-order valence-corrected chi connectivity index (χ1v) is 9.37. The van der Waals surface area contributed by atoms with Gasteiger partial charge in [0.25, 0.3) is 0 Å². The second-order valence-corrected chi connectivity index (χ2v) is 6.55. The van der Waals surface area contributed by atoms with Crippen LogP contribution in [0, 0.1) is 5.82 Å². The average Bonchev–Trinajstić information content (AvgIpc) is 2.80. The normalized spacial score (nSPS) is 10.5. The van der Waals surface area contributed by atoms with E-state index in [1.165, 1.54) is 12.4 Å². The van der Waals surface area contributed by atoms with Crippen molar-refractivity contribution in [1.82, 2.24) is 15.0 Å². The Kier molecular flexibility index (Phi) is 5.80. The maximum absolute atomic E-state index is 14.6. The van der Waals surface area contributed by atoms with Crippen molar-refractivity contribution in [1.29, 1.82) is 0 Å². The fourth-order valence-electron chi connectivity index (χ4n) is 2.98. The highest BCUT2D eigenvalue weighted by Crippen LogP contribution is 2.26. The van der Waals surface area contributed by atoms with Crippen LogP contribution in [0.4, 0.5) is 21.7 Å². The van der Waals surface area contributed by atoms with E-state index in [2.05, 4.69) is 25.6 Å². The summed E-state index contributed by atoms with van der Waals surface area (Å²) >= 11 is 0. The topological polar surface area (TPSA) is 72.0 Å². The molecule has 0 amide bonds. The summed E-state index contributed by atoms with van der Waals surface area (Å²) in [5.74, 6) is 1.55. The lowest BCUT2D eigenvalue weighted by molar-refractivity contribution is 0.414. The summed E-state index contributed by atoms with van der Waals surface area (Å²) in [5, 5.41) is 6.25. The third-order valence-electron chi connectivity index (χ3n) is 4.52. The molecule has 4 rings (SSSR count). The molecule has 0 aliphatic rings. The minimum atomic E-state index is -0.367. The summed E-state index contributed by atoms with van der Waals surface area (Å²) in [6.45, 7) is 0.572. The summed E-state index contributed by atoms with van der Waals surface area (Å²) in [5.41, 5.74) is 3.08. The van der Waals surface area contributed by atoms with Gasteiger partial charge in [0.1, 0.15) is 29.5 Å². The van der Waals surface area contributed by atoms with Crippen molar-refractivity contribution in [2.24, 2.45) is 0 Å². The number of rotatable bonds is 7. The molecule has 4 aromatic rings. The van der Waals surface area contributed by atoms with Crippen molar-refractivity contribution in [3.63, 3.8) is 0 Å². The van der Waals surface area contributed by atoms with Crippen LogP contribution < -0.4 is 15.4 Å². The molecule has 0 saturated heterocycles. The van der Waals surface area contributed by atoms with Gasteiger partial charge < -0.3 is 15.4 Å². The van der Waals surface area contributed by atoms with Crippen LogP contribution in [0.15, 0.2) is 79.4 Å². The molecule has 0 atom stereocenters. The lowest BCUT2D eigenvalue weighted by atomic mass is 10.1. The number of pyridine rings is 1. The van der Waals surface area contributed by atoms with Crippen LogP contribution in [-0.4, -0.2) is 22.1 Å². The molecule has 7 heteroatoms. The van der Waals surface area contributed by atoms with Gasteiger partial charge in [-0.15, -0.1) is 0 Å². The summed E-state index contributed by atoms with van der Waals surface area (Å²) in [6, 6.07) is 18.2. The van der Waals surface area contributed by atoms with E-state index < -0.39 is 0 Å². The third-order valence-corrected chi connectivity index (χ3v) is 4.52. The summed E-state index contributed by atoms with van der Waals surface area (Å²) in [6.07, 6.45) is 4.79. The van der Waals surface area contributed by atoms with Gasteiger partial charge in [-0.1, -0.05) is 18.2 Å². The van der Waals surface area contributed by atoms with E-state index >= 15 is 0 Å². The minimum Gasteiger partial charge on any atom is -0.497 e. The molecule has 0 saturated carbocycles. The van der Waals surface area contributed by atoms with E-state index in [0.717, 1.165) is 22.4 Å². The van der Waals surface area contributed by atoms with Crippen LogP contribution >= 0.6 is 0 Å². The molecule has 0 fully saturated rings. The lowest BCUT2D eigenvalue weighted by Crippen LogP contribution is -2.03. The maximum Gasteiger partial charge on any atom is 0.147 e. The fourth-order valence-corrected chi connectivity index (χ4v) is 2.98. The molecular formula is C23H20FN5O. The second-order valence-electron chi connectivity index (χ2n) is 6.55. The highest BCUT2D eigenvalue weighted by atomic mass is 19.1. The Morgan fingerprint density at radius 2 is 1.73 bits per heavy atom. The molecule has 0 radical (unpaired) electrons. The van der Waals surface area contributed by atoms with Gasteiger partial charge in [0.15, 0.2) is 0 Å². The molecule has 0 spiro atoms. The molecule has 2 aromatic heterocycles. The standard InChI is InChI=1S/C23H20FN5O/c1-30-19-4-2-3-16(11-19)14-26-22-13-23(28-15-27-22)29-21-6-5-18(12-20(21)24)17-7-9-25-10-8-17/h2-13,15H,14H2,1H3,(H2,26,27,28,29). The number of hydrogen-bond acceptors (Lipinski definition) is 6. The van der Waals surface area contributed by atoms with Crippen molar-refractivity contribution in [3.05, 3.63) is 90.8 Å². The SMILES string of the molecule is COc1cccc(CNc2cc(Nc3ccc(-c4ccncc4)cc3F)ncn2)c1. The molecule has 2 aromatic carbocycles. The Morgan fingerprint density at radius 1 is 0.900 bits per heavy atom. The molecule has 0 aliphatic carbocycles. The predicted octanol–water partition coefficient (Wildman–Crippen LogP) is 5.04. The third kappa shape index (κ3) is 4.70. The number of ether oxygens (including phenoxy) is 1. The average molecular weight is 401 g/mol. The minimum absolute atomic E-state index is 0.338. The van der Waals surface area contributed by atoms with Crippen LogP contribution in [0.1, 0.15) is 5.56 Å². The van der Waals surface area contributed by atoms with E-state index in [-0.39, 0.29) is 5.82 Å². The van der Waals surface area contributed by atoms with Crippen molar-refractivity contribution < 1.29 is 9.13 Å². The second kappa shape index (κ2) is 9.00. The van der Waals surface area contributed by atoms with Crippen molar-refractivity contribution in [3.8, 4) is 16.9 Å². The smallest absolute Gasteiger partial charge is 0.147 e. The Hall–Kier alpha value is -4.00. The first-order chi connectivity index (χ1) is 14.7. The van der Waals surface area contributed by atoms with Crippen LogP contribution in [0.3, 0.4) is 0 Å². The summed E-state index contributed by atoms with van der Waals surface area (Å²) < 4.78 is 19.9. The Balaban J connectivity index is 1.45. The number of aromatic nitrogens is 3. The first kappa shape index (κ1) is 19.3. The van der Waals surface area contributed by atoms with Crippen LogP contribution in [-0.2, 0) is 6.54 Å². The van der Waals surface area contributed by atoms with E-state index in [1.807, 2.05) is 42.5 Å². The van der Waals surface area contributed by atoms with Gasteiger partial charge >= 0.3 is 0 Å². The first-order valence-electron chi connectivity index (χ1n) is 9.37. The van der Waals surface area contributed by atoms with Crippen molar-refractivity contribution in [2.45, 2.75) is 6.54 Å². The molecule has 2 N–H and O–H groups in total. The van der Waals surface area contributed by atoms with Crippen molar-refractivity contribution >= 4 is 17.3 Å². The molecule has 30 heavy (non-hydrogen) atoms. The Labute approximate surface area is 173 Å². The number of hydrogen-bond donors (Lipinski definition) is 2. The van der Waals surface area contributed by atoms with Gasteiger partial charge in [-0.25, -0.2) is 14.4 Å². The van der Waals surface area contributed by atoms with E-state index in [0.29, 0.717) is 23.9 Å². The lowest BCUT2D eigenvalue weighted by Gasteiger charge is -2.11.